The summed E-state index contributed by atoms with van der Waals surface area (Å²) in [5.41, 5.74) is 0.300. The second-order valence-electron chi connectivity index (χ2n) is 6.53. The van der Waals surface area contributed by atoms with E-state index in [0.29, 0.717) is 12.1 Å². The van der Waals surface area contributed by atoms with Crippen molar-refractivity contribution in [2.24, 2.45) is 0 Å². The summed E-state index contributed by atoms with van der Waals surface area (Å²) >= 11 is 0. The molecule has 2 aromatic rings. The van der Waals surface area contributed by atoms with Crippen molar-refractivity contribution in [3.63, 3.8) is 0 Å². The van der Waals surface area contributed by atoms with E-state index in [2.05, 4.69) is 10.4 Å². The van der Waals surface area contributed by atoms with Crippen molar-refractivity contribution >= 4 is 16.9 Å². The number of benzene rings is 1. The Morgan fingerprint density at radius 3 is 2.79 bits per heavy atom. The van der Waals surface area contributed by atoms with E-state index in [1.807, 2.05) is 18.4 Å². The number of methoxy groups -OCH3 is 1. The van der Waals surface area contributed by atoms with Gasteiger partial charge in [-0.15, -0.1) is 0 Å². The monoisotopic (exact) mass is 398 g/mol. The second kappa shape index (κ2) is 7.10. The zero-order valence-electron chi connectivity index (χ0n) is 15.7. The van der Waals surface area contributed by atoms with Gasteiger partial charge in [-0.2, -0.15) is 13.2 Å². The number of aliphatic hydroxyl groups is 1. The van der Waals surface area contributed by atoms with Gasteiger partial charge in [0, 0.05) is 31.3 Å². The molecule has 1 aromatic heterocycles. The summed E-state index contributed by atoms with van der Waals surface area (Å²) in [7, 11) is 1.39. The first-order chi connectivity index (χ1) is 13.1. The quantitative estimate of drug-likeness (QED) is 0.827. The molecule has 28 heavy (non-hydrogen) atoms. The topological polar surface area (TPSA) is 79.6 Å². The van der Waals surface area contributed by atoms with Crippen LogP contribution in [0.2, 0.25) is 0 Å². The van der Waals surface area contributed by atoms with Gasteiger partial charge >= 0.3 is 6.18 Å². The van der Waals surface area contributed by atoms with Crippen LogP contribution in [0.5, 0.6) is 0 Å². The number of carbonyl (C=O) groups excluding carboxylic acids is 1. The molecule has 3 rings (SSSR count). The van der Waals surface area contributed by atoms with E-state index in [0.717, 1.165) is 11.3 Å². The maximum absolute atomic E-state index is 13.6. The molecule has 0 saturated carbocycles. The van der Waals surface area contributed by atoms with Gasteiger partial charge in [0.05, 0.1) is 17.6 Å². The highest BCUT2D eigenvalue weighted by Crippen LogP contribution is 2.41. The lowest BCUT2D eigenvalue weighted by Gasteiger charge is -2.33. The number of fused-ring (bicyclic) bond motifs is 1. The summed E-state index contributed by atoms with van der Waals surface area (Å²) < 4.78 is 47.4. The van der Waals surface area contributed by atoms with Gasteiger partial charge in [0.15, 0.2) is 0 Å². The number of aryl methyl sites for hydroxylation is 2. The predicted molar refractivity (Wildman–Crippen MR) is 95.0 cm³/mol. The van der Waals surface area contributed by atoms with Crippen molar-refractivity contribution < 1.29 is 27.8 Å². The molecule has 2 heterocycles. The highest BCUT2D eigenvalue weighted by Gasteiger charge is 2.63. The smallest absolute Gasteiger partial charge is 0.381 e. The first kappa shape index (κ1) is 20.2. The number of hydrogen-bond donors (Lipinski definition) is 2. The number of rotatable bonds is 4. The first-order valence-electron chi connectivity index (χ1n) is 8.67. The largest absolute Gasteiger partial charge is 0.438 e. The van der Waals surface area contributed by atoms with Crippen molar-refractivity contribution in [3.8, 4) is 0 Å². The molecule has 0 unspecified atom stereocenters. The van der Waals surface area contributed by atoms with Crippen LogP contribution in [0.25, 0.3) is 11.0 Å². The van der Waals surface area contributed by atoms with Crippen LogP contribution in [0, 0.1) is 6.92 Å². The Labute approximate surface area is 159 Å². The molecule has 10 heteroatoms. The van der Waals surface area contributed by atoms with Crippen molar-refractivity contribution in [2.45, 2.75) is 38.7 Å². The van der Waals surface area contributed by atoms with E-state index in [4.69, 9.17) is 4.74 Å². The Balaban J connectivity index is 2.00. The minimum absolute atomic E-state index is 0.0172. The molecule has 0 bridgehead atoms. The van der Waals surface area contributed by atoms with Gasteiger partial charge in [-0.1, -0.05) is 0 Å². The Kier molecular flexibility index (Phi) is 5.11. The lowest BCUT2D eigenvalue weighted by molar-refractivity contribution is -0.299. The highest BCUT2D eigenvalue weighted by molar-refractivity contribution is 5.98. The van der Waals surface area contributed by atoms with Crippen LogP contribution in [0.15, 0.2) is 30.0 Å². The van der Waals surface area contributed by atoms with Gasteiger partial charge in [-0.05, 0) is 38.1 Å². The number of aromatic nitrogens is 2. The zero-order chi connectivity index (χ0) is 20.7. The molecule has 1 atom stereocenters. The van der Waals surface area contributed by atoms with Crippen LogP contribution in [0.4, 0.5) is 13.2 Å². The lowest BCUT2D eigenvalue weighted by atomic mass is 10.1. The normalized spacial score (nSPS) is 21.5. The Bertz CT molecular complexity index is 938. The molecule has 0 aliphatic carbocycles. The van der Waals surface area contributed by atoms with Crippen LogP contribution in [-0.4, -0.2) is 51.2 Å². The number of amides is 1. The Morgan fingerprint density at radius 2 is 2.18 bits per heavy atom. The summed E-state index contributed by atoms with van der Waals surface area (Å²) in [6.45, 7) is 4.46. The van der Waals surface area contributed by atoms with Gasteiger partial charge in [0.1, 0.15) is 5.82 Å². The number of imidazole rings is 1. The van der Waals surface area contributed by atoms with Gasteiger partial charge < -0.3 is 14.4 Å². The number of halogens is 3. The van der Waals surface area contributed by atoms with Gasteiger partial charge in [-0.3, -0.25) is 10.2 Å². The summed E-state index contributed by atoms with van der Waals surface area (Å²) in [6, 6.07) is 4.48. The average Bonchev–Trinajstić information content (AvgIpc) is 3.14. The molecule has 7 nitrogen and oxygen atoms in total. The molecule has 0 radical (unpaired) electrons. The number of hydrazine groups is 1. The molecular weight excluding hydrogens is 377 g/mol. The number of hydrogen-bond acceptors (Lipinski definition) is 5. The van der Waals surface area contributed by atoms with Crippen LogP contribution in [-0.2, 0) is 11.3 Å². The fraction of sp³-hybridized carbons (Fsp3) is 0.444. The molecule has 1 fully saturated rings. The SMILES string of the molecule is CCn1c(C)nc2cc(C(=O)N3N/C(=C\COC)C[C@]3(O)C(F)(F)F)ccc21. The number of ether oxygens (including phenoxy) is 1. The number of carbonyl (C=O) groups is 1. The summed E-state index contributed by atoms with van der Waals surface area (Å²) in [5.74, 6) is -0.274. The molecule has 1 aliphatic heterocycles. The average molecular weight is 398 g/mol. The third-order valence-corrected chi connectivity index (χ3v) is 4.72. The predicted octanol–water partition coefficient (Wildman–Crippen LogP) is 2.50. The van der Waals surface area contributed by atoms with Crippen molar-refractivity contribution in [2.75, 3.05) is 13.7 Å². The van der Waals surface area contributed by atoms with Crippen LogP contribution in [0.1, 0.15) is 29.5 Å². The molecule has 1 aromatic carbocycles. The van der Waals surface area contributed by atoms with E-state index in [1.165, 1.54) is 25.3 Å². The fourth-order valence-electron chi connectivity index (χ4n) is 3.28. The zero-order valence-corrected chi connectivity index (χ0v) is 15.7. The van der Waals surface area contributed by atoms with Crippen molar-refractivity contribution in [1.29, 1.82) is 0 Å². The van der Waals surface area contributed by atoms with Crippen LogP contribution in [0.3, 0.4) is 0 Å². The van der Waals surface area contributed by atoms with E-state index >= 15 is 0 Å². The fourth-order valence-corrected chi connectivity index (χ4v) is 3.28. The number of nitrogens with one attached hydrogen (secondary N) is 1. The molecule has 2 N–H and O–H groups in total. The minimum atomic E-state index is -5.05. The molecule has 1 amide bonds. The van der Waals surface area contributed by atoms with E-state index in [9.17, 15) is 23.1 Å². The Morgan fingerprint density at radius 1 is 1.46 bits per heavy atom. The van der Waals surface area contributed by atoms with E-state index in [1.54, 1.807) is 6.07 Å². The van der Waals surface area contributed by atoms with Crippen LogP contribution < -0.4 is 5.43 Å². The molecule has 0 spiro atoms. The molecule has 1 aliphatic rings. The highest BCUT2D eigenvalue weighted by atomic mass is 19.4. The summed E-state index contributed by atoms with van der Waals surface area (Å²) in [5, 5.41) is 10.5. The standard InChI is InChI=1S/C18H21F3N4O3/c1-4-24-11(2)22-14-9-12(5-6-15(14)24)16(26)25-17(27,18(19,20)21)10-13(23-25)7-8-28-3/h5-7,9,23,27H,4,8,10H2,1-3H3/b13-7-/t17-/m0/s1. The number of nitrogens with zero attached hydrogens (tertiary/aromatic N) is 3. The number of alkyl halides is 3. The van der Waals surface area contributed by atoms with Crippen molar-refractivity contribution in [1.82, 2.24) is 20.0 Å². The summed E-state index contributed by atoms with van der Waals surface area (Å²) in [6.07, 6.45) is -4.51. The van der Waals surface area contributed by atoms with Gasteiger partial charge in [0.25, 0.3) is 11.6 Å². The first-order valence-corrected chi connectivity index (χ1v) is 8.67. The van der Waals surface area contributed by atoms with Crippen LogP contribution >= 0.6 is 0 Å². The maximum Gasteiger partial charge on any atom is 0.438 e. The minimum Gasteiger partial charge on any atom is -0.381 e. The third-order valence-electron chi connectivity index (χ3n) is 4.72. The third kappa shape index (κ3) is 3.22. The van der Waals surface area contributed by atoms with E-state index in [-0.39, 0.29) is 22.9 Å². The summed E-state index contributed by atoms with van der Waals surface area (Å²) in [4.78, 5) is 17.2. The second-order valence-corrected chi connectivity index (χ2v) is 6.53. The van der Waals surface area contributed by atoms with Gasteiger partial charge in [-0.25, -0.2) is 9.99 Å². The Hall–Kier alpha value is -2.59. The molecular formula is C18H21F3N4O3. The maximum atomic E-state index is 13.6. The molecule has 1 saturated heterocycles. The van der Waals surface area contributed by atoms with E-state index < -0.39 is 24.2 Å². The lowest BCUT2D eigenvalue weighted by Crippen LogP contribution is -2.59. The van der Waals surface area contributed by atoms with Crippen molar-refractivity contribution in [3.05, 3.63) is 41.4 Å². The van der Waals surface area contributed by atoms with Gasteiger partial charge in [0.2, 0.25) is 0 Å². The molecule has 152 valence electrons.